The van der Waals surface area contributed by atoms with Crippen LogP contribution in [-0.4, -0.2) is 161 Å². The molecule has 0 aliphatic carbocycles. The summed E-state index contributed by atoms with van der Waals surface area (Å²) >= 11 is 0. The summed E-state index contributed by atoms with van der Waals surface area (Å²) in [6, 6.07) is 24.2. The van der Waals surface area contributed by atoms with Gasteiger partial charge in [0.15, 0.2) is 0 Å². The SMILES string of the molecule is C=CC(=O)N1CCN(c2nc(N3CCC(CCC)CC3)nc3c2CCN(c2cc(O)cc4ccccc24)C3)CC1.C=CC(=O)N1CCN(c2nc(O[C@H](C)CN(C)C)nc3c2CCN(c2cc(O)cc4ccccc24)C3)[C@@H](C)C1. The molecule has 2 aromatic heterocycles. The number of anilines is 5. The molecule has 0 radical (unpaired) electrons. The number of rotatable bonds is 13. The van der Waals surface area contributed by atoms with E-state index in [1.165, 1.54) is 43.4 Å². The van der Waals surface area contributed by atoms with Crippen LogP contribution in [0.1, 0.15) is 69.0 Å². The molecule has 2 atom stereocenters. The Morgan fingerprint density at radius 1 is 0.684 bits per heavy atom. The minimum atomic E-state index is -0.0832. The van der Waals surface area contributed by atoms with E-state index in [0.29, 0.717) is 51.8 Å². The highest BCUT2D eigenvalue weighted by Crippen LogP contribution is 2.39. The molecule has 3 saturated heterocycles. The second kappa shape index (κ2) is 24.1. The maximum atomic E-state index is 12.3. The molecule has 2 N–H and O–H groups in total. The zero-order valence-electron chi connectivity index (χ0n) is 46.9. The molecule has 17 nitrogen and oxygen atoms in total. The number of phenols is 2. The fraction of sp³-hybridized carbons (Fsp3) is 0.452. The third-order valence-corrected chi connectivity index (χ3v) is 16.4. The van der Waals surface area contributed by atoms with Gasteiger partial charge in [-0.25, -0.2) is 4.98 Å². The van der Waals surface area contributed by atoms with E-state index < -0.39 is 0 Å². The number of carbonyl (C=O) groups is 2. The van der Waals surface area contributed by atoms with Crippen LogP contribution in [0.2, 0.25) is 0 Å². The van der Waals surface area contributed by atoms with E-state index in [9.17, 15) is 19.8 Å². The van der Waals surface area contributed by atoms with Crippen LogP contribution < -0.4 is 29.2 Å². The van der Waals surface area contributed by atoms with Crippen molar-refractivity contribution in [3.05, 3.63) is 121 Å². The number of hydrogen-bond donors (Lipinski definition) is 2. The molecule has 5 aliphatic heterocycles. The molecule has 17 heteroatoms. The molecule has 0 bridgehead atoms. The Morgan fingerprint density at radius 2 is 1.24 bits per heavy atom. The summed E-state index contributed by atoms with van der Waals surface area (Å²) in [5, 5.41) is 25.2. The number of nitrogens with zero attached hydrogens (tertiary/aromatic N) is 12. The smallest absolute Gasteiger partial charge is 0.318 e. The molecule has 79 heavy (non-hydrogen) atoms. The first-order chi connectivity index (χ1) is 38.3. The van der Waals surface area contributed by atoms with Crippen molar-refractivity contribution in [3.63, 3.8) is 0 Å². The number of hydrogen-bond acceptors (Lipinski definition) is 15. The third kappa shape index (κ3) is 12.2. The van der Waals surface area contributed by atoms with Gasteiger partial charge >= 0.3 is 6.01 Å². The number of aromatic nitrogens is 4. The van der Waals surface area contributed by atoms with Crippen LogP contribution in [0.15, 0.2) is 98.1 Å². The minimum Gasteiger partial charge on any atom is -0.508 e. The quantitative estimate of drug-likeness (QED) is 0.107. The summed E-state index contributed by atoms with van der Waals surface area (Å²) < 4.78 is 6.24. The fourth-order valence-electron chi connectivity index (χ4n) is 12.4. The van der Waals surface area contributed by atoms with Crippen molar-refractivity contribution in [2.75, 3.05) is 117 Å². The van der Waals surface area contributed by atoms with Crippen molar-refractivity contribution in [2.24, 2.45) is 5.92 Å². The van der Waals surface area contributed by atoms with E-state index in [-0.39, 0.29) is 35.5 Å². The Labute approximate surface area is 465 Å². The number of likely N-dealkylation sites (N-methyl/N-ethyl adjacent to an activating group) is 1. The molecule has 0 spiro atoms. The molecule has 3 fully saturated rings. The first kappa shape index (κ1) is 54.7. The summed E-state index contributed by atoms with van der Waals surface area (Å²) in [5.74, 6) is 4.04. The lowest BCUT2D eigenvalue weighted by atomic mass is 9.93. The molecule has 0 saturated carbocycles. The Bertz CT molecular complexity index is 3190. The molecule has 6 aromatic rings. The summed E-state index contributed by atoms with van der Waals surface area (Å²) in [7, 11) is 4.03. The van der Waals surface area contributed by atoms with Crippen molar-refractivity contribution < 1.29 is 24.5 Å². The number of aromatic hydroxyl groups is 2. The summed E-state index contributed by atoms with van der Waals surface area (Å²) in [6.45, 7) is 24.1. The van der Waals surface area contributed by atoms with Gasteiger partial charge < -0.3 is 54.1 Å². The van der Waals surface area contributed by atoms with Crippen molar-refractivity contribution in [1.29, 1.82) is 0 Å². The summed E-state index contributed by atoms with van der Waals surface area (Å²) in [6.07, 6.45) is 9.21. The number of piperazine rings is 2. The maximum Gasteiger partial charge on any atom is 0.318 e. The minimum absolute atomic E-state index is 0.00557. The number of amides is 2. The lowest BCUT2D eigenvalue weighted by Crippen LogP contribution is -2.54. The third-order valence-electron chi connectivity index (χ3n) is 16.4. The number of phenolic OH excluding ortho intramolecular Hbond substituents is 2. The molecular weight excluding hydrogens is 993 g/mol. The normalized spacial score (nSPS) is 18.3. The summed E-state index contributed by atoms with van der Waals surface area (Å²) in [4.78, 5) is 62.2. The highest BCUT2D eigenvalue weighted by atomic mass is 16.5. The van der Waals surface area contributed by atoms with E-state index in [1.54, 1.807) is 6.07 Å². The van der Waals surface area contributed by atoms with Gasteiger partial charge in [0.2, 0.25) is 17.8 Å². The van der Waals surface area contributed by atoms with Gasteiger partial charge in [0.1, 0.15) is 29.2 Å². The monoisotopic (exact) mass is 1070 g/mol. The van der Waals surface area contributed by atoms with E-state index in [0.717, 1.165) is 132 Å². The molecule has 0 unspecified atom stereocenters. The molecule has 416 valence electrons. The first-order valence-corrected chi connectivity index (χ1v) is 28.4. The van der Waals surface area contributed by atoms with Gasteiger partial charge in [-0.1, -0.05) is 81.5 Å². The Balaban J connectivity index is 0.000000178. The molecule has 2 amide bonds. The second-order valence-corrected chi connectivity index (χ2v) is 22.2. The first-order valence-electron chi connectivity index (χ1n) is 28.4. The standard InChI is InChI=1S/C32H40N6O2.C30H38N6O3/c1-3-7-23-10-13-37(14-11-23)32-33-28-22-38(29-21-25(39)20-24-8-5-6-9-26(24)29)15-12-27(28)31(34-32)36-18-16-35(17-19-36)30(40)4-2;1-6-28(38)35-13-14-36(20(2)17-35)29-25-11-12-34(27-16-23(37)15-22-9-7-8-10-24(22)27)19-26(25)31-30(32-29)39-21(3)18-33(4)5/h4-6,8-9,20-21,23,39H,2-3,7,10-19,22H2,1H3;6-10,15-16,20-21,37H,1,11-14,17-19H2,2-5H3/t;20-,21+/m.0/s1. The van der Waals surface area contributed by atoms with Crippen LogP contribution in [0, 0.1) is 5.92 Å². The molecular formula is C62H78N12O5. The van der Waals surface area contributed by atoms with E-state index in [1.807, 2.05) is 79.3 Å². The van der Waals surface area contributed by atoms with Crippen molar-refractivity contribution in [1.82, 2.24) is 34.6 Å². The van der Waals surface area contributed by atoms with Gasteiger partial charge in [-0.05, 0) is 94.6 Å². The van der Waals surface area contributed by atoms with Crippen LogP contribution >= 0.6 is 0 Å². The van der Waals surface area contributed by atoms with E-state index in [4.69, 9.17) is 24.7 Å². The van der Waals surface area contributed by atoms with Crippen molar-refractivity contribution in [2.45, 2.75) is 84.5 Å². The van der Waals surface area contributed by atoms with Crippen LogP contribution in [0.4, 0.5) is 29.0 Å². The van der Waals surface area contributed by atoms with Gasteiger partial charge in [0.25, 0.3) is 0 Å². The lowest BCUT2D eigenvalue weighted by molar-refractivity contribution is -0.127. The number of ether oxygens (including phenoxy) is 1. The number of piperidine rings is 1. The molecule has 4 aromatic carbocycles. The zero-order chi connectivity index (χ0) is 55.3. The zero-order valence-corrected chi connectivity index (χ0v) is 46.9. The average Bonchev–Trinajstić information content (AvgIpc) is 3.54. The van der Waals surface area contributed by atoms with Crippen molar-refractivity contribution in [3.8, 4) is 17.5 Å². The van der Waals surface area contributed by atoms with Crippen LogP contribution in [0.25, 0.3) is 21.5 Å². The van der Waals surface area contributed by atoms with Gasteiger partial charge in [0, 0.05) is 130 Å². The van der Waals surface area contributed by atoms with Gasteiger partial charge in [-0.2, -0.15) is 15.0 Å². The number of benzene rings is 4. The number of carbonyl (C=O) groups excluding carboxylic acids is 2. The summed E-state index contributed by atoms with van der Waals surface area (Å²) in [5.41, 5.74) is 6.37. The topological polar surface area (TPSA) is 161 Å². The fourth-order valence-corrected chi connectivity index (χ4v) is 12.4. The Kier molecular flexibility index (Phi) is 16.7. The van der Waals surface area contributed by atoms with E-state index in [2.05, 4.69) is 74.6 Å². The maximum absolute atomic E-state index is 12.3. The highest BCUT2D eigenvalue weighted by Gasteiger charge is 2.34. The largest absolute Gasteiger partial charge is 0.508 e. The van der Waals surface area contributed by atoms with Gasteiger partial charge in [-0.3, -0.25) is 9.59 Å². The molecule has 11 rings (SSSR count). The second-order valence-electron chi connectivity index (χ2n) is 22.2. The lowest BCUT2D eigenvalue weighted by Gasteiger charge is -2.42. The van der Waals surface area contributed by atoms with Crippen LogP contribution in [0.5, 0.6) is 17.5 Å². The van der Waals surface area contributed by atoms with Crippen LogP contribution in [0.3, 0.4) is 0 Å². The highest BCUT2D eigenvalue weighted by molar-refractivity contribution is 5.97. The van der Waals surface area contributed by atoms with Crippen LogP contribution in [-0.2, 0) is 35.5 Å². The number of fused-ring (bicyclic) bond motifs is 4. The van der Waals surface area contributed by atoms with Gasteiger partial charge in [-0.15, -0.1) is 0 Å². The average molecular weight is 1070 g/mol. The molecule has 7 heterocycles. The Morgan fingerprint density at radius 3 is 1.81 bits per heavy atom. The van der Waals surface area contributed by atoms with Crippen molar-refractivity contribution >= 4 is 62.3 Å². The van der Waals surface area contributed by atoms with Gasteiger partial charge in [0.05, 0.1) is 24.5 Å². The molecule has 5 aliphatic rings. The van der Waals surface area contributed by atoms with E-state index >= 15 is 0 Å². The predicted octanol–water partition coefficient (Wildman–Crippen LogP) is 8.20. The Hall–Kier alpha value is -7.66. The predicted molar refractivity (Wildman–Crippen MR) is 316 cm³/mol.